The van der Waals surface area contributed by atoms with Crippen LogP contribution in [0.4, 0.5) is 0 Å². The molecule has 3 heterocycles. The zero-order chi connectivity index (χ0) is 11.8. The van der Waals surface area contributed by atoms with Gasteiger partial charge in [-0.05, 0) is 25.1 Å². The van der Waals surface area contributed by atoms with E-state index >= 15 is 0 Å². The van der Waals surface area contributed by atoms with Crippen molar-refractivity contribution >= 4 is 11.0 Å². The summed E-state index contributed by atoms with van der Waals surface area (Å²) in [4.78, 5) is 19.0. The van der Waals surface area contributed by atoms with Crippen LogP contribution in [0.3, 0.4) is 0 Å². The Morgan fingerprint density at radius 3 is 3.06 bits per heavy atom. The Hall–Kier alpha value is -2.43. The molecule has 0 unspecified atom stereocenters. The Balaban J connectivity index is 2.26. The molecule has 0 saturated carbocycles. The molecule has 0 spiro atoms. The molecule has 0 amide bonds. The van der Waals surface area contributed by atoms with Crippen LogP contribution in [0.2, 0.25) is 0 Å². The van der Waals surface area contributed by atoms with Crippen molar-refractivity contribution in [3.05, 3.63) is 46.6 Å². The summed E-state index contributed by atoms with van der Waals surface area (Å²) in [5.74, 6) is 0. The topological polar surface area (TPSA) is 74.4 Å². The molecule has 3 aromatic heterocycles. The summed E-state index contributed by atoms with van der Waals surface area (Å²) >= 11 is 0. The molecule has 0 aromatic carbocycles. The molecule has 5 nitrogen and oxygen atoms in total. The quantitative estimate of drug-likeness (QED) is 0.662. The second-order valence-corrected chi connectivity index (χ2v) is 3.89. The smallest absolute Gasteiger partial charge is 0.272 e. The van der Waals surface area contributed by atoms with E-state index in [2.05, 4.69) is 20.2 Å². The van der Waals surface area contributed by atoms with Crippen molar-refractivity contribution in [2.24, 2.45) is 0 Å². The molecular weight excluding hydrogens is 216 g/mol. The summed E-state index contributed by atoms with van der Waals surface area (Å²) in [6.45, 7) is 1.84. The summed E-state index contributed by atoms with van der Waals surface area (Å²) in [6, 6.07) is 5.62. The summed E-state index contributed by atoms with van der Waals surface area (Å²) in [7, 11) is 0. The zero-order valence-electron chi connectivity index (χ0n) is 9.19. The van der Waals surface area contributed by atoms with Gasteiger partial charge in [0, 0.05) is 23.3 Å². The lowest BCUT2D eigenvalue weighted by Gasteiger charge is -2.01. The maximum Gasteiger partial charge on any atom is 0.272 e. The predicted octanol–water partition coefficient (Wildman–Crippen LogP) is 1.62. The van der Waals surface area contributed by atoms with Crippen molar-refractivity contribution in [3.63, 3.8) is 0 Å². The number of aromatic nitrogens is 4. The van der Waals surface area contributed by atoms with Crippen molar-refractivity contribution < 1.29 is 0 Å². The minimum absolute atomic E-state index is 0.202. The average molecular weight is 226 g/mol. The number of rotatable bonds is 1. The van der Waals surface area contributed by atoms with Gasteiger partial charge in [0.15, 0.2) is 0 Å². The van der Waals surface area contributed by atoms with Gasteiger partial charge in [0.2, 0.25) is 0 Å². The van der Waals surface area contributed by atoms with Crippen molar-refractivity contribution in [1.82, 2.24) is 20.2 Å². The Bertz CT molecular complexity index is 741. The molecule has 0 bridgehead atoms. The SMILES string of the molecule is Cc1cc(-c2cnc3[nH]ccc3c2)c(=O)[nH]n1. The van der Waals surface area contributed by atoms with Crippen LogP contribution in [0.15, 0.2) is 35.4 Å². The number of nitrogens with zero attached hydrogens (tertiary/aromatic N) is 2. The highest BCUT2D eigenvalue weighted by Gasteiger charge is 2.06. The summed E-state index contributed by atoms with van der Waals surface area (Å²) in [6.07, 6.45) is 3.51. The fourth-order valence-corrected chi connectivity index (χ4v) is 1.81. The molecule has 0 atom stereocenters. The first-order valence-corrected chi connectivity index (χ1v) is 5.24. The van der Waals surface area contributed by atoms with E-state index in [9.17, 15) is 4.79 Å². The van der Waals surface area contributed by atoms with Crippen LogP contribution < -0.4 is 5.56 Å². The molecule has 0 fully saturated rings. The van der Waals surface area contributed by atoms with Crippen molar-refractivity contribution in [2.75, 3.05) is 0 Å². The second-order valence-electron chi connectivity index (χ2n) is 3.89. The van der Waals surface area contributed by atoms with Crippen molar-refractivity contribution in [3.8, 4) is 11.1 Å². The maximum absolute atomic E-state index is 11.7. The van der Waals surface area contributed by atoms with Crippen LogP contribution in [0.5, 0.6) is 0 Å². The molecule has 2 N–H and O–H groups in total. The van der Waals surface area contributed by atoms with Gasteiger partial charge in [0.25, 0.3) is 5.56 Å². The third-order valence-corrected chi connectivity index (χ3v) is 2.64. The van der Waals surface area contributed by atoms with E-state index in [0.717, 1.165) is 22.3 Å². The van der Waals surface area contributed by atoms with Gasteiger partial charge in [0.1, 0.15) is 5.65 Å². The van der Waals surface area contributed by atoms with E-state index in [1.807, 2.05) is 25.3 Å². The number of nitrogens with one attached hydrogen (secondary N) is 2. The number of hydrogen-bond donors (Lipinski definition) is 2. The normalized spacial score (nSPS) is 10.9. The second kappa shape index (κ2) is 3.55. The van der Waals surface area contributed by atoms with Gasteiger partial charge in [-0.2, -0.15) is 5.10 Å². The van der Waals surface area contributed by atoms with Crippen LogP contribution in [0.1, 0.15) is 5.69 Å². The van der Waals surface area contributed by atoms with E-state index in [1.54, 1.807) is 12.3 Å². The third kappa shape index (κ3) is 1.61. The zero-order valence-corrected chi connectivity index (χ0v) is 9.19. The molecule has 0 aliphatic carbocycles. The summed E-state index contributed by atoms with van der Waals surface area (Å²) in [5, 5.41) is 7.30. The van der Waals surface area contributed by atoms with Gasteiger partial charge in [-0.15, -0.1) is 0 Å². The van der Waals surface area contributed by atoms with Crippen LogP contribution in [0, 0.1) is 6.92 Å². The Kier molecular flexibility index (Phi) is 2.04. The number of fused-ring (bicyclic) bond motifs is 1. The van der Waals surface area contributed by atoms with Gasteiger partial charge in [-0.3, -0.25) is 4.79 Å². The molecule has 0 aliphatic heterocycles. The van der Waals surface area contributed by atoms with Crippen molar-refractivity contribution in [1.29, 1.82) is 0 Å². The highest BCUT2D eigenvalue weighted by Crippen LogP contribution is 2.19. The van der Waals surface area contributed by atoms with Gasteiger partial charge in [-0.25, -0.2) is 10.1 Å². The average Bonchev–Trinajstić information content (AvgIpc) is 2.79. The monoisotopic (exact) mass is 226 g/mol. The molecule has 0 saturated heterocycles. The number of aromatic amines is 2. The van der Waals surface area contributed by atoms with Gasteiger partial charge in [-0.1, -0.05) is 0 Å². The molecule has 5 heteroatoms. The van der Waals surface area contributed by atoms with Crippen LogP contribution in [0.25, 0.3) is 22.2 Å². The first-order chi connectivity index (χ1) is 8.24. The molecule has 0 aliphatic rings. The van der Waals surface area contributed by atoms with E-state index < -0.39 is 0 Å². The molecule has 84 valence electrons. The van der Waals surface area contributed by atoms with E-state index in [0.29, 0.717) is 5.56 Å². The predicted molar refractivity (Wildman–Crippen MR) is 64.7 cm³/mol. The highest BCUT2D eigenvalue weighted by atomic mass is 16.1. The Morgan fingerprint density at radius 2 is 2.18 bits per heavy atom. The summed E-state index contributed by atoms with van der Waals surface area (Å²) in [5.41, 5.74) is 2.77. The first-order valence-electron chi connectivity index (χ1n) is 5.24. The minimum atomic E-state index is -0.202. The number of hydrogen-bond acceptors (Lipinski definition) is 3. The van der Waals surface area contributed by atoms with E-state index in [-0.39, 0.29) is 5.56 Å². The van der Waals surface area contributed by atoms with Crippen LogP contribution >= 0.6 is 0 Å². The first kappa shape index (κ1) is 9.77. The standard InChI is InChI=1S/C12H10N4O/c1-7-4-10(12(17)16-15-7)9-5-8-2-3-13-11(8)14-6-9/h2-6H,1H3,(H,13,14)(H,16,17). The Labute approximate surface area is 96.5 Å². The van der Waals surface area contributed by atoms with E-state index in [1.165, 1.54) is 0 Å². The third-order valence-electron chi connectivity index (χ3n) is 2.64. The fraction of sp³-hybridized carbons (Fsp3) is 0.0833. The van der Waals surface area contributed by atoms with Crippen molar-refractivity contribution in [2.45, 2.75) is 6.92 Å². The lowest BCUT2D eigenvalue weighted by Crippen LogP contribution is -2.11. The number of H-pyrrole nitrogens is 2. The molecule has 3 rings (SSSR count). The molecule has 0 radical (unpaired) electrons. The minimum Gasteiger partial charge on any atom is -0.346 e. The van der Waals surface area contributed by atoms with E-state index in [4.69, 9.17) is 0 Å². The maximum atomic E-state index is 11.7. The highest BCUT2D eigenvalue weighted by molar-refractivity contribution is 5.81. The molecule has 3 aromatic rings. The van der Waals surface area contributed by atoms with Crippen LogP contribution in [-0.2, 0) is 0 Å². The largest absolute Gasteiger partial charge is 0.346 e. The lowest BCUT2D eigenvalue weighted by molar-refractivity contribution is 0.949. The number of pyridine rings is 1. The van der Waals surface area contributed by atoms with Crippen LogP contribution in [-0.4, -0.2) is 20.2 Å². The van der Waals surface area contributed by atoms with Gasteiger partial charge >= 0.3 is 0 Å². The summed E-state index contributed by atoms with van der Waals surface area (Å²) < 4.78 is 0. The number of aryl methyl sites for hydroxylation is 1. The molecular formula is C12H10N4O. The fourth-order valence-electron chi connectivity index (χ4n) is 1.81. The Morgan fingerprint density at radius 1 is 1.29 bits per heavy atom. The van der Waals surface area contributed by atoms with Gasteiger partial charge in [0.05, 0.1) is 11.3 Å². The van der Waals surface area contributed by atoms with Gasteiger partial charge < -0.3 is 4.98 Å². The lowest BCUT2D eigenvalue weighted by atomic mass is 10.1. The molecule has 17 heavy (non-hydrogen) atoms.